The molecule has 0 radical (unpaired) electrons. The van der Waals surface area contributed by atoms with Gasteiger partial charge in [0, 0.05) is 57.1 Å². The van der Waals surface area contributed by atoms with E-state index in [1.807, 2.05) is 24.4 Å². The van der Waals surface area contributed by atoms with Crippen LogP contribution in [0.25, 0.3) is 5.69 Å². The van der Waals surface area contributed by atoms with Gasteiger partial charge in [0.15, 0.2) is 5.82 Å². The molecule has 5 rings (SSSR count). The third-order valence-corrected chi connectivity index (χ3v) is 6.62. The second kappa shape index (κ2) is 9.07. The minimum atomic E-state index is 0.0585. The standard InChI is InChI=1S/C23H27ClN8O/c1-29(2)22(33)15-30-13-17-11-18(24)3-4-19(17)32-21(14-30)27-28-23(32)16-5-9-31(10-6-16)20-12-25-7-8-26-20/h3-4,7-8,11-12,16H,5-6,9-10,13-15H2,1-2H3. The Morgan fingerprint density at radius 1 is 1.15 bits per heavy atom. The van der Waals surface area contributed by atoms with Gasteiger partial charge in [0.05, 0.1) is 25.0 Å². The van der Waals surface area contributed by atoms with E-state index in [0.717, 1.165) is 54.6 Å². The average Bonchev–Trinajstić information content (AvgIpc) is 3.16. The first-order valence-corrected chi connectivity index (χ1v) is 11.5. The van der Waals surface area contributed by atoms with Crippen molar-refractivity contribution in [3.8, 4) is 5.69 Å². The lowest BCUT2D eigenvalue weighted by molar-refractivity contribution is -0.130. The molecule has 10 heteroatoms. The summed E-state index contributed by atoms with van der Waals surface area (Å²) in [6, 6.07) is 5.94. The highest BCUT2D eigenvalue weighted by Crippen LogP contribution is 2.34. The predicted molar refractivity (Wildman–Crippen MR) is 125 cm³/mol. The summed E-state index contributed by atoms with van der Waals surface area (Å²) >= 11 is 6.35. The first-order valence-electron chi connectivity index (χ1n) is 11.2. The highest BCUT2D eigenvalue weighted by atomic mass is 35.5. The molecule has 1 saturated heterocycles. The van der Waals surface area contributed by atoms with Crippen LogP contribution in [-0.2, 0) is 17.9 Å². The van der Waals surface area contributed by atoms with Crippen molar-refractivity contribution in [1.29, 1.82) is 0 Å². The van der Waals surface area contributed by atoms with Gasteiger partial charge in [0.2, 0.25) is 5.91 Å². The van der Waals surface area contributed by atoms with Crippen LogP contribution in [0.5, 0.6) is 0 Å². The summed E-state index contributed by atoms with van der Waals surface area (Å²) in [7, 11) is 3.55. The van der Waals surface area contributed by atoms with Gasteiger partial charge < -0.3 is 9.80 Å². The fraction of sp³-hybridized carbons (Fsp3) is 0.435. The van der Waals surface area contributed by atoms with Crippen LogP contribution < -0.4 is 4.90 Å². The molecule has 0 spiro atoms. The van der Waals surface area contributed by atoms with Gasteiger partial charge in [-0.2, -0.15) is 0 Å². The van der Waals surface area contributed by atoms with Crippen molar-refractivity contribution in [2.75, 3.05) is 38.6 Å². The molecule has 3 aromatic rings. The summed E-state index contributed by atoms with van der Waals surface area (Å²) < 4.78 is 2.19. The molecule has 4 heterocycles. The van der Waals surface area contributed by atoms with E-state index in [2.05, 4.69) is 34.5 Å². The van der Waals surface area contributed by atoms with Crippen LogP contribution in [0.4, 0.5) is 5.82 Å². The first-order chi connectivity index (χ1) is 16.0. The minimum Gasteiger partial charge on any atom is -0.355 e. The van der Waals surface area contributed by atoms with E-state index in [4.69, 9.17) is 11.6 Å². The molecular weight excluding hydrogens is 440 g/mol. The Labute approximate surface area is 198 Å². The zero-order valence-electron chi connectivity index (χ0n) is 18.9. The summed E-state index contributed by atoms with van der Waals surface area (Å²) in [6.07, 6.45) is 7.16. The Bertz CT molecular complexity index is 1140. The number of anilines is 1. The lowest BCUT2D eigenvalue weighted by Gasteiger charge is -2.32. The zero-order chi connectivity index (χ0) is 22.9. The molecule has 9 nitrogen and oxygen atoms in total. The molecule has 0 atom stereocenters. The maximum Gasteiger partial charge on any atom is 0.236 e. The average molecular weight is 467 g/mol. The van der Waals surface area contributed by atoms with Crippen LogP contribution in [0, 0.1) is 0 Å². The van der Waals surface area contributed by atoms with Gasteiger partial charge in [-0.05, 0) is 36.6 Å². The van der Waals surface area contributed by atoms with Gasteiger partial charge in [-0.15, -0.1) is 10.2 Å². The predicted octanol–water partition coefficient (Wildman–Crippen LogP) is 2.50. The van der Waals surface area contributed by atoms with Crippen molar-refractivity contribution in [3.63, 3.8) is 0 Å². The summed E-state index contributed by atoms with van der Waals surface area (Å²) in [4.78, 5) is 27.0. The second-order valence-corrected chi connectivity index (χ2v) is 9.28. The van der Waals surface area contributed by atoms with Crippen molar-refractivity contribution in [2.24, 2.45) is 0 Å². The van der Waals surface area contributed by atoms with Crippen LogP contribution in [0.3, 0.4) is 0 Å². The number of rotatable bonds is 4. The van der Waals surface area contributed by atoms with Crippen molar-refractivity contribution in [2.45, 2.75) is 31.8 Å². The molecule has 172 valence electrons. The van der Waals surface area contributed by atoms with E-state index >= 15 is 0 Å². The van der Waals surface area contributed by atoms with Crippen LogP contribution in [0.2, 0.25) is 5.02 Å². The first kappa shape index (κ1) is 21.8. The van der Waals surface area contributed by atoms with Gasteiger partial charge in [-0.25, -0.2) is 4.98 Å². The summed E-state index contributed by atoms with van der Waals surface area (Å²) in [5.74, 6) is 3.10. The van der Waals surface area contributed by atoms with E-state index in [1.54, 1.807) is 31.4 Å². The Morgan fingerprint density at radius 3 is 2.70 bits per heavy atom. The van der Waals surface area contributed by atoms with E-state index in [0.29, 0.717) is 24.7 Å². The molecule has 1 aromatic carbocycles. The summed E-state index contributed by atoms with van der Waals surface area (Å²) in [6.45, 7) is 3.28. The Kier molecular flexibility index (Phi) is 5.99. The summed E-state index contributed by atoms with van der Waals surface area (Å²) in [5, 5.41) is 9.90. The SMILES string of the molecule is CN(C)C(=O)CN1Cc2cc(Cl)ccc2-n2c(nnc2C2CCN(c3cnccn3)CC2)C1. The number of piperidine rings is 1. The van der Waals surface area contributed by atoms with Crippen LogP contribution in [-0.4, -0.2) is 74.2 Å². The number of amides is 1. The molecule has 0 bridgehead atoms. The number of fused-ring (bicyclic) bond motifs is 3. The molecule has 2 aliphatic heterocycles. The minimum absolute atomic E-state index is 0.0585. The number of carbonyl (C=O) groups excluding carboxylic acids is 1. The van der Waals surface area contributed by atoms with Crippen LogP contribution >= 0.6 is 11.6 Å². The van der Waals surface area contributed by atoms with E-state index in [9.17, 15) is 4.79 Å². The Hall–Kier alpha value is -3.04. The van der Waals surface area contributed by atoms with Gasteiger partial charge in [0.1, 0.15) is 11.6 Å². The maximum atomic E-state index is 12.4. The monoisotopic (exact) mass is 466 g/mol. The van der Waals surface area contributed by atoms with E-state index in [-0.39, 0.29) is 11.8 Å². The summed E-state index contributed by atoms with van der Waals surface area (Å²) in [5.41, 5.74) is 2.12. The topological polar surface area (TPSA) is 83.3 Å². The highest BCUT2D eigenvalue weighted by molar-refractivity contribution is 6.30. The number of aromatic nitrogens is 5. The number of likely N-dealkylation sites (N-methyl/N-ethyl adjacent to an activating group) is 1. The van der Waals surface area contributed by atoms with Crippen LogP contribution in [0.15, 0.2) is 36.8 Å². The molecule has 33 heavy (non-hydrogen) atoms. The van der Waals surface area contributed by atoms with E-state index < -0.39 is 0 Å². The number of nitrogens with zero attached hydrogens (tertiary/aromatic N) is 8. The smallest absolute Gasteiger partial charge is 0.236 e. The van der Waals surface area contributed by atoms with Crippen molar-refractivity contribution in [3.05, 3.63) is 59.0 Å². The van der Waals surface area contributed by atoms with Crippen LogP contribution in [0.1, 0.15) is 36.0 Å². The molecule has 1 amide bonds. The molecule has 2 aliphatic rings. The number of benzene rings is 1. The number of carbonyl (C=O) groups is 1. The lowest BCUT2D eigenvalue weighted by Crippen LogP contribution is -2.35. The second-order valence-electron chi connectivity index (χ2n) is 8.84. The maximum absolute atomic E-state index is 12.4. The Morgan fingerprint density at radius 2 is 1.97 bits per heavy atom. The molecular formula is C23H27ClN8O. The van der Waals surface area contributed by atoms with Gasteiger partial charge in [-0.1, -0.05) is 11.6 Å². The third kappa shape index (κ3) is 4.43. The molecule has 0 unspecified atom stereocenters. The van der Waals surface area contributed by atoms with Crippen molar-refractivity contribution in [1.82, 2.24) is 34.5 Å². The van der Waals surface area contributed by atoms with Gasteiger partial charge >= 0.3 is 0 Å². The normalized spacial score (nSPS) is 16.8. The lowest BCUT2D eigenvalue weighted by atomic mass is 9.95. The number of halogens is 1. The molecule has 0 saturated carbocycles. The Balaban J connectivity index is 1.44. The quantitative estimate of drug-likeness (QED) is 0.584. The highest BCUT2D eigenvalue weighted by Gasteiger charge is 2.31. The van der Waals surface area contributed by atoms with Crippen molar-refractivity contribution < 1.29 is 4.79 Å². The fourth-order valence-corrected chi connectivity index (χ4v) is 4.82. The van der Waals surface area contributed by atoms with Crippen molar-refractivity contribution >= 4 is 23.3 Å². The molecule has 2 aromatic heterocycles. The molecule has 0 N–H and O–H groups in total. The molecule has 1 fully saturated rings. The number of hydrogen-bond donors (Lipinski definition) is 0. The van der Waals surface area contributed by atoms with Gasteiger partial charge in [-0.3, -0.25) is 19.2 Å². The van der Waals surface area contributed by atoms with Gasteiger partial charge in [0.25, 0.3) is 0 Å². The zero-order valence-corrected chi connectivity index (χ0v) is 19.6. The molecule has 0 aliphatic carbocycles. The van der Waals surface area contributed by atoms with E-state index in [1.165, 1.54) is 0 Å². The third-order valence-electron chi connectivity index (χ3n) is 6.39. The number of hydrogen-bond acceptors (Lipinski definition) is 7. The largest absolute Gasteiger partial charge is 0.355 e. The fourth-order valence-electron chi connectivity index (χ4n) is 4.62.